The zero-order chi connectivity index (χ0) is 39.6. The number of nitrogens with one attached hydrogen (secondary N) is 5. The molecule has 1 aliphatic heterocycles. The molecule has 3 unspecified atom stereocenters. The van der Waals surface area contributed by atoms with Gasteiger partial charge in [-0.1, -0.05) is 75.1 Å². The molecule has 0 spiro atoms. The fourth-order valence-corrected chi connectivity index (χ4v) is 6.80. The van der Waals surface area contributed by atoms with Crippen LogP contribution in [0.5, 0.6) is 5.75 Å². The van der Waals surface area contributed by atoms with E-state index in [0.29, 0.717) is 49.2 Å². The lowest BCUT2D eigenvalue weighted by Crippen LogP contribution is -2.59. The maximum atomic E-state index is 14.0. The number of Topliss-reactive ketones (excluding diaryl/α,β-unsaturated/α-hetero) is 1. The van der Waals surface area contributed by atoms with Crippen molar-refractivity contribution in [2.45, 2.75) is 108 Å². The van der Waals surface area contributed by atoms with Crippen LogP contribution in [-0.2, 0) is 39.9 Å². The monoisotopic (exact) mass is 763 g/mol. The van der Waals surface area contributed by atoms with Crippen LogP contribution in [0.2, 0.25) is 0 Å². The second-order valence-electron chi connectivity index (χ2n) is 14.0. The van der Waals surface area contributed by atoms with Crippen LogP contribution in [0.4, 0.5) is 4.79 Å². The van der Waals surface area contributed by atoms with E-state index in [1.54, 1.807) is 49.4 Å². The Morgan fingerprint density at radius 2 is 1.53 bits per heavy atom. The number of cyclic esters (lactones) is 1. The third kappa shape index (κ3) is 13.7. The van der Waals surface area contributed by atoms with E-state index < -0.39 is 72.2 Å². The zero-order valence-electron chi connectivity index (χ0n) is 31.3. The van der Waals surface area contributed by atoms with Crippen molar-refractivity contribution < 1.29 is 48.1 Å². The standard InChI is InChI=1S/C40H53N5O10/c1-2-14-30(35(47)38(50)41-25-32(46)44-34(39(51)52)28-18-9-6-10-19-28)42-36(48)31-24-26-15-13-20-29(23-26)54-21-11-3-4-12-22-55-40(53)45-33(37(49)43-31)27-16-7-5-8-17-27/h6,9-10,13,15,18-20,23,27,30-31,33-34H,2-5,7-8,11-12,14,16-17,21-22,24-25H2,1H3,(H,41,50)(H,42,48)(H,43,49)(H,44,46)(H,45,53)(H,51,52)/t30?,31?,33?,34-/m0/s1. The van der Waals surface area contributed by atoms with E-state index in [1.165, 1.54) is 12.1 Å². The van der Waals surface area contributed by atoms with Crippen molar-refractivity contribution in [2.75, 3.05) is 19.8 Å². The molecule has 2 aromatic rings. The maximum Gasteiger partial charge on any atom is 0.407 e. The molecule has 15 heteroatoms. The van der Waals surface area contributed by atoms with Gasteiger partial charge in [-0.2, -0.15) is 0 Å². The van der Waals surface area contributed by atoms with Crippen molar-refractivity contribution in [2.24, 2.45) is 5.92 Å². The Bertz CT molecular complexity index is 1630. The average Bonchev–Trinajstić information content (AvgIpc) is 3.18. The summed E-state index contributed by atoms with van der Waals surface area (Å²) >= 11 is 0. The number of fused-ring (bicyclic) bond motifs is 2. The topological polar surface area (TPSA) is 218 Å². The lowest BCUT2D eigenvalue weighted by atomic mass is 9.83. The number of ketones is 1. The van der Waals surface area contributed by atoms with Crippen molar-refractivity contribution in [3.8, 4) is 5.75 Å². The molecule has 1 saturated carbocycles. The Kier molecular flexibility index (Phi) is 16.9. The Balaban J connectivity index is 1.50. The lowest BCUT2D eigenvalue weighted by Gasteiger charge is -2.31. The van der Waals surface area contributed by atoms with Gasteiger partial charge in [0.25, 0.3) is 5.91 Å². The van der Waals surface area contributed by atoms with Gasteiger partial charge in [0.1, 0.15) is 17.8 Å². The third-order valence-electron chi connectivity index (χ3n) is 9.72. The molecule has 298 valence electrons. The number of carbonyl (C=O) groups is 7. The summed E-state index contributed by atoms with van der Waals surface area (Å²) in [6.07, 6.45) is 7.14. The molecule has 0 saturated heterocycles. The van der Waals surface area contributed by atoms with Crippen molar-refractivity contribution >= 4 is 41.5 Å². The van der Waals surface area contributed by atoms with Crippen molar-refractivity contribution in [1.29, 1.82) is 0 Å². The van der Waals surface area contributed by atoms with Gasteiger partial charge in [0.2, 0.25) is 23.5 Å². The number of carboxylic acids is 1. The molecule has 0 radical (unpaired) electrons. The molecule has 5 amide bonds. The van der Waals surface area contributed by atoms with E-state index in [9.17, 15) is 38.7 Å². The predicted octanol–water partition coefficient (Wildman–Crippen LogP) is 3.25. The first-order chi connectivity index (χ1) is 26.5. The second-order valence-corrected chi connectivity index (χ2v) is 14.0. The lowest BCUT2D eigenvalue weighted by molar-refractivity contribution is -0.142. The molecule has 1 fully saturated rings. The first-order valence-corrected chi connectivity index (χ1v) is 19.2. The van der Waals surface area contributed by atoms with E-state index in [1.807, 2.05) is 0 Å². The fraction of sp³-hybridized carbons (Fsp3) is 0.525. The van der Waals surface area contributed by atoms with Crippen LogP contribution in [0.3, 0.4) is 0 Å². The Morgan fingerprint density at radius 1 is 0.836 bits per heavy atom. The van der Waals surface area contributed by atoms with Crippen LogP contribution in [0, 0.1) is 5.92 Å². The van der Waals surface area contributed by atoms with Gasteiger partial charge < -0.3 is 41.2 Å². The highest BCUT2D eigenvalue weighted by Crippen LogP contribution is 2.27. The number of hydrogen-bond donors (Lipinski definition) is 6. The Labute approximate surface area is 321 Å². The summed E-state index contributed by atoms with van der Waals surface area (Å²) in [6.45, 7) is 1.73. The molecule has 1 aliphatic carbocycles. The van der Waals surface area contributed by atoms with Crippen molar-refractivity contribution in [1.82, 2.24) is 26.6 Å². The van der Waals surface area contributed by atoms with Gasteiger partial charge in [0, 0.05) is 6.42 Å². The first kappa shape index (κ1) is 42.3. The molecule has 15 nitrogen and oxygen atoms in total. The number of alkyl carbamates (subject to hydrolysis) is 1. The van der Waals surface area contributed by atoms with Gasteiger partial charge in [0.15, 0.2) is 6.04 Å². The number of ether oxygens (including phenoxy) is 2. The minimum atomic E-state index is -1.38. The SMILES string of the molecule is CCCC(NC(=O)C1Cc2cccc(c2)OCCCCCCOC(=O)NC(C2CCCCC2)C(=O)N1)C(=O)C(=O)NCC(=O)N[C@H](C(=O)O)c1ccccc1. The van der Waals surface area contributed by atoms with E-state index in [4.69, 9.17) is 9.47 Å². The van der Waals surface area contributed by atoms with Crippen LogP contribution >= 0.6 is 0 Å². The Hall–Kier alpha value is -5.47. The molecular weight excluding hydrogens is 710 g/mol. The van der Waals surface area contributed by atoms with E-state index >= 15 is 0 Å². The van der Waals surface area contributed by atoms with E-state index in [-0.39, 0.29) is 25.4 Å². The van der Waals surface area contributed by atoms with E-state index in [2.05, 4.69) is 26.6 Å². The minimum Gasteiger partial charge on any atom is -0.494 e. The molecule has 55 heavy (non-hydrogen) atoms. The van der Waals surface area contributed by atoms with Crippen LogP contribution in [0.25, 0.3) is 0 Å². The quantitative estimate of drug-likeness (QED) is 0.173. The summed E-state index contributed by atoms with van der Waals surface area (Å²) in [7, 11) is 0. The summed E-state index contributed by atoms with van der Waals surface area (Å²) in [4.78, 5) is 91.7. The summed E-state index contributed by atoms with van der Waals surface area (Å²) in [5.41, 5.74) is 0.983. The maximum absolute atomic E-state index is 14.0. The fourth-order valence-electron chi connectivity index (χ4n) is 6.80. The summed E-state index contributed by atoms with van der Waals surface area (Å²) in [5.74, 6) is -5.22. The molecular formula is C40H53N5O10. The average molecular weight is 764 g/mol. The molecule has 2 aliphatic rings. The summed E-state index contributed by atoms with van der Waals surface area (Å²) < 4.78 is 11.4. The van der Waals surface area contributed by atoms with Gasteiger partial charge >= 0.3 is 12.1 Å². The summed E-state index contributed by atoms with van der Waals surface area (Å²) in [6, 6.07) is 10.3. The number of benzene rings is 2. The zero-order valence-corrected chi connectivity index (χ0v) is 31.3. The number of carbonyl (C=O) groups excluding carboxylic acids is 6. The van der Waals surface area contributed by atoms with E-state index in [0.717, 1.165) is 38.5 Å². The van der Waals surface area contributed by atoms with Gasteiger partial charge in [0.05, 0.1) is 25.8 Å². The number of rotatable bonds is 12. The van der Waals surface area contributed by atoms with Crippen LogP contribution < -0.4 is 31.3 Å². The second kappa shape index (κ2) is 22.0. The van der Waals surface area contributed by atoms with Crippen molar-refractivity contribution in [3.05, 3.63) is 65.7 Å². The number of aliphatic carboxylic acids is 1. The predicted molar refractivity (Wildman–Crippen MR) is 201 cm³/mol. The van der Waals surface area contributed by atoms with Crippen LogP contribution in [-0.4, -0.2) is 84.5 Å². The van der Waals surface area contributed by atoms with Crippen LogP contribution in [0.1, 0.15) is 94.7 Å². The summed E-state index contributed by atoms with van der Waals surface area (Å²) in [5, 5.41) is 22.4. The first-order valence-electron chi connectivity index (χ1n) is 19.2. The highest BCUT2D eigenvalue weighted by atomic mass is 16.5. The number of carboxylic acid groups (broad SMARTS) is 1. The Morgan fingerprint density at radius 3 is 2.22 bits per heavy atom. The molecule has 4 rings (SSSR count). The largest absolute Gasteiger partial charge is 0.494 e. The molecule has 1 heterocycles. The van der Waals surface area contributed by atoms with Crippen molar-refractivity contribution in [3.63, 3.8) is 0 Å². The van der Waals surface area contributed by atoms with Gasteiger partial charge in [-0.15, -0.1) is 0 Å². The van der Waals surface area contributed by atoms with Crippen LogP contribution in [0.15, 0.2) is 54.6 Å². The smallest absolute Gasteiger partial charge is 0.407 e. The van der Waals surface area contributed by atoms with Gasteiger partial charge in [-0.3, -0.25) is 24.0 Å². The molecule has 6 N–H and O–H groups in total. The number of amides is 5. The van der Waals surface area contributed by atoms with Gasteiger partial charge in [-0.25, -0.2) is 9.59 Å². The molecule has 2 aromatic carbocycles. The molecule has 0 aromatic heterocycles. The minimum absolute atomic E-state index is 0.00215. The molecule has 2 bridgehead atoms. The molecule has 4 atom stereocenters. The normalized spacial score (nSPS) is 19.9. The highest BCUT2D eigenvalue weighted by molar-refractivity contribution is 6.38. The van der Waals surface area contributed by atoms with Gasteiger partial charge in [-0.05, 0) is 74.1 Å². The number of hydrogen-bond acceptors (Lipinski definition) is 9. The highest BCUT2D eigenvalue weighted by Gasteiger charge is 2.35. The third-order valence-corrected chi connectivity index (χ3v) is 9.72.